The number of aliphatic hydroxyl groups is 1. The van der Waals surface area contributed by atoms with Crippen LogP contribution in [0, 0.1) is 5.92 Å². The van der Waals surface area contributed by atoms with Crippen molar-refractivity contribution in [3.05, 3.63) is 34.3 Å². The van der Waals surface area contributed by atoms with Crippen LogP contribution in [0.4, 0.5) is 0 Å². The lowest BCUT2D eigenvalue weighted by atomic mass is 10.0. The molecule has 5 heteroatoms. The third-order valence-corrected chi connectivity index (χ3v) is 3.93. The molecule has 1 fully saturated rings. The molecule has 2 N–H and O–H groups in total. The minimum atomic E-state index is 0.00974. The first-order chi connectivity index (χ1) is 9.08. The van der Waals surface area contributed by atoms with Crippen molar-refractivity contribution in [1.82, 2.24) is 10.2 Å². The van der Waals surface area contributed by atoms with Gasteiger partial charge in [0.05, 0.1) is 12.6 Å². The van der Waals surface area contributed by atoms with Gasteiger partial charge in [-0.05, 0) is 24.6 Å². The third-order valence-electron chi connectivity index (χ3n) is 3.41. The van der Waals surface area contributed by atoms with Crippen LogP contribution < -0.4 is 5.32 Å². The van der Waals surface area contributed by atoms with Gasteiger partial charge in [0.2, 0.25) is 5.91 Å². The number of aliphatic hydroxyl groups excluding tert-OH is 1. The fourth-order valence-electron chi connectivity index (χ4n) is 2.25. The van der Waals surface area contributed by atoms with Crippen molar-refractivity contribution in [2.75, 3.05) is 26.2 Å². The fraction of sp³-hybridized carbons (Fsp3) is 0.500. The molecule has 1 aromatic rings. The van der Waals surface area contributed by atoms with Gasteiger partial charge in [-0.2, -0.15) is 0 Å². The van der Waals surface area contributed by atoms with Gasteiger partial charge in [0.25, 0.3) is 0 Å². The van der Waals surface area contributed by atoms with Crippen LogP contribution in [-0.4, -0.2) is 42.2 Å². The Balaban J connectivity index is 1.77. The maximum absolute atomic E-state index is 11.9. The summed E-state index contributed by atoms with van der Waals surface area (Å²) < 4.78 is 1.03. The summed E-state index contributed by atoms with van der Waals surface area (Å²) >= 11 is 3.39. The average Bonchev–Trinajstić information content (AvgIpc) is 2.33. The van der Waals surface area contributed by atoms with Crippen LogP contribution in [0.15, 0.2) is 28.7 Å². The molecule has 1 atom stereocenters. The zero-order valence-corrected chi connectivity index (χ0v) is 12.6. The molecule has 104 valence electrons. The zero-order valence-electron chi connectivity index (χ0n) is 11.0. The van der Waals surface area contributed by atoms with E-state index >= 15 is 0 Å². The monoisotopic (exact) mass is 326 g/mol. The SMILES string of the molecule is CC(NC(=O)CN1CC(CO)C1)c1ccc(Br)cc1. The van der Waals surface area contributed by atoms with Gasteiger partial charge in [-0.25, -0.2) is 0 Å². The van der Waals surface area contributed by atoms with Gasteiger partial charge in [0.1, 0.15) is 0 Å². The molecule has 0 spiro atoms. The predicted octanol–water partition coefficient (Wildman–Crippen LogP) is 1.55. The molecule has 0 aromatic heterocycles. The van der Waals surface area contributed by atoms with Gasteiger partial charge in [-0.3, -0.25) is 9.69 Å². The molecule has 0 saturated carbocycles. The van der Waals surface area contributed by atoms with E-state index in [1.54, 1.807) is 0 Å². The molecule has 1 unspecified atom stereocenters. The fourth-order valence-corrected chi connectivity index (χ4v) is 2.51. The number of nitrogens with one attached hydrogen (secondary N) is 1. The second kappa shape index (κ2) is 6.50. The van der Waals surface area contributed by atoms with Crippen molar-refractivity contribution < 1.29 is 9.90 Å². The van der Waals surface area contributed by atoms with Crippen LogP contribution in [0.2, 0.25) is 0 Å². The maximum atomic E-state index is 11.9. The van der Waals surface area contributed by atoms with E-state index in [4.69, 9.17) is 5.11 Å². The Morgan fingerprint density at radius 3 is 2.68 bits per heavy atom. The molecular formula is C14H19BrN2O2. The van der Waals surface area contributed by atoms with Gasteiger partial charge in [-0.15, -0.1) is 0 Å². The van der Waals surface area contributed by atoms with Crippen molar-refractivity contribution in [2.24, 2.45) is 5.92 Å². The minimum Gasteiger partial charge on any atom is -0.396 e. The largest absolute Gasteiger partial charge is 0.396 e. The zero-order chi connectivity index (χ0) is 13.8. The molecular weight excluding hydrogens is 308 g/mol. The van der Waals surface area contributed by atoms with Crippen molar-refractivity contribution >= 4 is 21.8 Å². The Bertz CT molecular complexity index is 430. The average molecular weight is 327 g/mol. The molecule has 1 aromatic carbocycles. The number of nitrogens with zero attached hydrogens (tertiary/aromatic N) is 1. The lowest BCUT2D eigenvalue weighted by Gasteiger charge is -2.37. The number of hydrogen-bond acceptors (Lipinski definition) is 3. The van der Waals surface area contributed by atoms with Crippen LogP contribution >= 0.6 is 15.9 Å². The Kier molecular flexibility index (Phi) is 4.96. The third kappa shape index (κ3) is 4.03. The van der Waals surface area contributed by atoms with Crippen LogP contribution in [0.1, 0.15) is 18.5 Å². The summed E-state index contributed by atoms with van der Waals surface area (Å²) in [5, 5.41) is 11.9. The summed E-state index contributed by atoms with van der Waals surface area (Å²) in [4.78, 5) is 13.9. The number of hydrogen-bond donors (Lipinski definition) is 2. The van der Waals surface area contributed by atoms with E-state index in [2.05, 4.69) is 21.2 Å². The summed E-state index contributed by atoms with van der Waals surface area (Å²) in [6.07, 6.45) is 0. The van der Waals surface area contributed by atoms with E-state index in [9.17, 15) is 4.79 Å². The summed E-state index contributed by atoms with van der Waals surface area (Å²) in [7, 11) is 0. The highest BCUT2D eigenvalue weighted by atomic mass is 79.9. The second-order valence-corrected chi connectivity index (χ2v) is 6.00. The van der Waals surface area contributed by atoms with E-state index in [0.29, 0.717) is 12.5 Å². The first-order valence-corrected chi connectivity index (χ1v) is 7.26. The first kappa shape index (κ1) is 14.5. The molecule has 0 bridgehead atoms. The molecule has 2 rings (SSSR count). The molecule has 1 heterocycles. The van der Waals surface area contributed by atoms with E-state index in [1.807, 2.05) is 36.1 Å². The quantitative estimate of drug-likeness (QED) is 0.863. The van der Waals surface area contributed by atoms with Crippen molar-refractivity contribution in [3.63, 3.8) is 0 Å². The number of carbonyl (C=O) groups is 1. The van der Waals surface area contributed by atoms with Crippen molar-refractivity contribution in [2.45, 2.75) is 13.0 Å². The molecule has 1 aliphatic rings. The number of carbonyl (C=O) groups excluding carboxylic acids is 1. The van der Waals surface area contributed by atoms with Gasteiger partial charge in [0, 0.05) is 30.1 Å². The molecule has 4 nitrogen and oxygen atoms in total. The van der Waals surface area contributed by atoms with Gasteiger partial charge in [-0.1, -0.05) is 28.1 Å². The second-order valence-electron chi connectivity index (χ2n) is 5.08. The minimum absolute atomic E-state index is 0.00974. The molecule has 1 saturated heterocycles. The van der Waals surface area contributed by atoms with E-state index in [0.717, 1.165) is 23.1 Å². The van der Waals surface area contributed by atoms with Crippen molar-refractivity contribution in [3.8, 4) is 0 Å². The van der Waals surface area contributed by atoms with Crippen LogP contribution in [-0.2, 0) is 4.79 Å². The maximum Gasteiger partial charge on any atom is 0.234 e. The number of halogens is 1. The van der Waals surface area contributed by atoms with E-state index < -0.39 is 0 Å². The van der Waals surface area contributed by atoms with Crippen LogP contribution in [0.3, 0.4) is 0 Å². The summed E-state index contributed by atoms with van der Waals surface area (Å²) in [5.41, 5.74) is 1.09. The summed E-state index contributed by atoms with van der Waals surface area (Å²) in [6, 6.07) is 7.95. The Morgan fingerprint density at radius 2 is 2.11 bits per heavy atom. The number of benzene rings is 1. The molecule has 0 aliphatic carbocycles. The normalized spacial score (nSPS) is 17.8. The first-order valence-electron chi connectivity index (χ1n) is 6.46. The lowest BCUT2D eigenvalue weighted by molar-refractivity contribution is -0.124. The standard InChI is InChI=1S/C14H19BrN2O2/c1-10(12-2-4-13(15)5-3-12)16-14(19)8-17-6-11(7-17)9-18/h2-5,10-11,18H,6-9H2,1H3,(H,16,19). The van der Waals surface area contributed by atoms with Gasteiger partial charge in [0.15, 0.2) is 0 Å². The highest BCUT2D eigenvalue weighted by Crippen LogP contribution is 2.17. The van der Waals surface area contributed by atoms with E-state index in [-0.39, 0.29) is 18.6 Å². The van der Waals surface area contributed by atoms with Crippen molar-refractivity contribution in [1.29, 1.82) is 0 Å². The van der Waals surface area contributed by atoms with Gasteiger partial charge >= 0.3 is 0 Å². The topological polar surface area (TPSA) is 52.6 Å². The Morgan fingerprint density at radius 1 is 1.47 bits per heavy atom. The Hall–Kier alpha value is -0.910. The molecule has 1 aliphatic heterocycles. The molecule has 19 heavy (non-hydrogen) atoms. The van der Waals surface area contributed by atoms with Gasteiger partial charge < -0.3 is 10.4 Å². The number of likely N-dealkylation sites (tertiary alicyclic amines) is 1. The smallest absolute Gasteiger partial charge is 0.234 e. The van der Waals surface area contributed by atoms with Crippen LogP contribution in [0.5, 0.6) is 0 Å². The highest BCUT2D eigenvalue weighted by molar-refractivity contribution is 9.10. The lowest BCUT2D eigenvalue weighted by Crippen LogP contribution is -2.52. The Labute approximate surface area is 121 Å². The summed E-state index contributed by atoms with van der Waals surface area (Å²) in [6.45, 7) is 4.24. The molecule has 0 radical (unpaired) electrons. The molecule has 1 amide bonds. The summed E-state index contributed by atoms with van der Waals surface area (Å²) in [5.74, 6) is 0.378. The number of amides is 1. The predicted molar refractivity (Wildman–Crippen MR) is 77.7 cm³/mol. The number of rotatable bonds is 5. The van der Waals surface area contributed by atoms with Crippen LogP contribution in [0.25, 0.3) is 0 Å². The highest BCUT2D eigenvalue weighted by Gasteiger charge is 2.27. The van der Waals surface area contributed by atoms with E-state index in [1.165, 1.54) is 0 Å².